The van der Waals surface area contributed by atoms with Crippen LogP contribution in [0.25, 0.3) is 0 Å². The van der Waals surface area contributed by atoms with Gasteiger partial charge in [0.2, 0.25) is 5.91 Å². The molecule has 2 aliphatic heterocycles. The number of hydrogen-bond acceptors (Lipinski definition) is 4. The molecule has 2 fully saturated rings. The molecule has 108 valence electrons. The molecule has 0 bridgehead atoms. The zero-order chi connectivity index (χ0) is 13.9. The highest BCUT2D eigenvalue weighted by Crippen LogP contribution is 2.16. The second kappa shape index (κ2) is 5.93. The minimum absolute atomic E-state index is 0.0923. The Bertz CT molecular complexity index is 475. The number of rotatable bonds is 2. The first-order valence-electron chi connectivity index (χ1n) is 7.08. The predicted molar refractivity (Wildman–Crippen MR) is 77.8 cm³/mol. The summed E-state index contributed by atoms with van der Waals surface area (Å²) in [4.78, 5) is 29.1. The van der Waals surface area contributed by atoms with Crippen molar-refractivity contribution in [2.24, 2.45) is 5.92 Å². The predicted octanol–water partition coefficient (Wildman–Crippen LogP) is 0.642. The van der Waals surface area contributed by atoms with E-state index in [0.717, 1.165) is 24.4 Å². The van der Waals surface area contributed by atoms with Crippen LogP contribution in [-0.2, 0) is 4.79 Å². The van der Waals surface area contributed by atoms with Crippen LogP contribution in [0.5, 0.6) is 0 Å². The summed E-state index contributed by atoms with van der Waals surface area (Å²) in [6.45, 7) is 4.34. The zero-order valence-electron chi connectivity index (χ0n) is 11.4. The van der Waals surface area contributed by atoms with E-state index in [0.29, 0.717) is 26.2 Å². The molecule has 5 nitrogen and oxygen atoms in total. The van der Waals surface area contributed by atoms with E-state index in [1.165, 1.54) is 11.3 Å². The Labute approximate surface area is 122 Å². The molecule has 3 rings (SSSR count). The molecule has 6 heteroatoms. The Morgan fingerprint density at radius 3 is 2.55 bits per heavy atom. The Balaban J connectivity index is 1.54. The molecule has 0 spiro atoms. The molecule has 1 unspecified atom stereocenters. The van der Waals surface area contributed by atoms with E-state index in [1.54, 1.807) is 0 Å². The number of nitrogens with zero attached hydrogens (tertiary/aromatic N) is 2. The summed E-state index contributed by atoms with van der Waals surface area (Å²) < 4.78 is 0. The summed E-state index contributed by atoms with van der Waals surface area (Å²) in [6, 6.07) is 3.75. The smallest absolute Gasteiger partial charge is 0.264 e. The topological polar surface area (TPSA) is 52.7 Å². The molecule has 1 aromatic heterocycles. The first-order chi connectivity index (χ1) is 9.75. The zero-order valence-corrected chi connectivity index (χ0v) is 12.2. The Kier molecular flexibility index (Phi) is 4.03. The highest BCUT2D eigenvalue weighted by molar-refractivity contribution is 7.12. The standard InChI is InChI=1S/C14H19N3O2S/c18-13(11-3-4-15-10-11)16-5-7-17(8-6-16)14(19)12-2-1-9-20-12/h1-2,9,11,15H,3-8,10H2. The Hall–Kier alpha value is -1.40. The molecule has 1 atom stereocenters. The maximum atomic E-state index is 12.3. The van der Waals surface area contributed by atoms with Crippen LogP contribution < -0.4 is 5.32 Å². The van der Waals surface area contributed by atoms with Crippen molar-refractivity contribution in [3.63, 3.8) is 0 Å². The van der Waals surface area contributed by atoms with Crippen LogP contribution in [-0.4, -0.2) is 60.9 Å². The van der Waals surface area contributed by atoms with Gasteiger partial charge >= 0.3 is 0 Å². The van der Waals surface area contributed by atoms with Crippen LogP contribution in [0.4, 0.5) is 0 Å². The number of nitrogens with one attached hydrogen (secondary N) is 1. The highest BCUT2D eigenvalue weighted by atomic mass is 32.1. The summed E-state index contributed by atoms with van der Waals surface area (Å²) in [6.07, 6.45) is 0.938. The van der Waals surface area contributed by atoms with Crippen LogP contribution in [0.1, 0.15) is 16.1 Å². The number of piperazine rings is 1. The maximum Gasteiger partial charge on any atom is 0.264 e. The fraction of sp³-hybridized carbons (Fsp3) is 0.571. The maximum absolute atomic E-state index is 12.3. The van der Waals surface area contributed by atoms with Crippen molar-refractivity contribution in [3.8, 4) is 0 Å². The molecule has 20 heavy (non-hydrogen) atoms. The van der Waals surface area contributed by atoms with Gasteiger partial charge in [0.15, 0.2) is 0 Å². The molecule has 0 aromatic carbocycles. The molecule has 0 aliphatic carbocycles. The summed E-state index contributed by atoms with van der Waals surface area (Å²) >= 11 is 1.47. The largest absolute Gasteiger partial charge is 0.339 e. The van der Waals surface area contributed by atoms with Crippen molar-refractivity contribution in [1.82, 2.24) is 15.1 Å². The normalized spacial score (nSPS) is 23.1. The third-order valence-corrected chi connectivity index (χ3v) is 4.88. The summed E-state index contributed by atoms with van der Waals surface area (Å²) in [5.41, 5.74) is 0. The van der Waals surface area contributed by atoms with E-state index in [-0.39, 0.29) is 17.7 Å². The molecular formula is C14H19N3O2S. The lowest BCUT2D eigenvalue weighted by atomic mass is 10.1. The van der Waals surface area contributed by atoms with Gasteiger partial charge in [-0.3, -0.25) is 9.59 Å². The second-order valence-electron chi connectivity index (χ2n) is 5.28. The van der Waals surface area contributed by atoms with Gasteiger partial charge in [0.1, 0.15) is 0 Å². The Morgan fingerprint density at radius 2 is 1.95 bits per heavy atom. The van der Waals surface area contributed by atoms with Crippen molar-refractivity contribution in [1.29, 1.82) is 0 Å². The van der Waals surface area contributed by atoms with Crippen LogP contribution >= 0.6 is 11.3 Å². The highest BCUT2D eigenvalue weighted by Gasteiger charge is 2.30. The fourth-order valence-corrected chi connectivity index (χ4v) is 3.50. The van der Waals surface area contributed by atoms with Gasteiger partial charge < -0.3 is 15.1 Å². The summed E-state index contributed by atoms with van der Waals surface area (Å²) in [5, 5.41) is 5.14. The molecule has 3 heterocycles. The molecule has 1 aromatic rings. The van der Waals surface area contributed by atoms with Gasteiger partial charge in [0.25, 0.3) is 5.91 Å². The van der Waals surface area contributed by atoms with Gasteiger partial charge in [-0.15, -0.1) is 11.3 Å². The van der Waals surface area contributed by atoms with Gasteiger partial charge in [-0.25, -0.2) is 0 Å². The van der Waals surface area contributed by atoms with Crippen LogP contribution in [0.3, 0.4) is 0 Å². The molecule has 0 saturated carbocycles. The number of carbonyl (C=O) groups is 2. The van der Waals surface area contributed by atoms with Crippen LogP contribution in [0.2, 0.25) is 0 Å². The van der Waals surface area contributed by atoms with Gasteiger partial charge in [-0.05, 0) is 24.4 Å². The monoisotopic (exact) mass is 293 g/mol. The van der Waals surface area contributed by atoms with Crippen LogP contribution in [0, 0.1) is 5.92 Å². The average molecular weight is 293 g/mol. The summed E-state index contributed by atoms with van der Waals surface area (Å²) in [7, 11) is 0. The number of thiophene rings is 1. The molecule has 0 radical (unpaired) electrons. The van der Waals surface area contributed by atoms with E-state index in [1.807, 2.05) is 27.3 Å². The lowest BCUT2D eigenvalue weighted by Crippen LogP contribution is -2.52. The van der Waals surface area contributed by atoms with E-state index in [9.17, 15) is 9.59 Å². The average Bonchev–Trinajstić information content (AvgIpc) is 3.18. The first kappa shape index (κ1) is 13.6. The third kappa shape index (κ3) is 2.71. The first-order valence-corrected chi connectivity index (χ1v) is 7.96. The van der Waals surface area contributed by atoms with E-state index in [4.69, 9.17) is 0 Å². The van der Waals surface area contributed by atoms with Crippen molar-refractivity contribution >= 4 is 23.2 Å². The van der Waals surface area contributed by atoms with Crippen molar-refractivity contribution < 1.29 is 9.59 Å². The van der Waals surface area contributed by atoms with Gasteiger partial charge in [0.05, 0.1) is 10.8 Å². The molecular weight excluding hydrogens is 274 g/mol. The molecule has 1 N–H and O–H groups in total. The minimum atomic E-state index is 0.0923. The third-order valence-electron chi connectivity index (χ3n) is 4.02. The van der Waals surface area contributed by atoms with Crippen molar-refractivity contribution in [2.75, 3.05) is 39.3 Å². The Morgan fingerprint density at radius 1 is 1.20 bits per heavy atom. The summed E-state index contributed by atoms with van der Waals surface area (Å²) in [5.74, 6) is 0.474. The number of carbonyl (C=O) groups excluding carboxylic acids is 2. The minimum Gasteiger partial charge on any atom is -0.339 e. The fourth-order valence-electron chi connectivity index (χ4n) is 2.81. The molecule has 2 saturated heterocycles. The van der Waals surface area contributed by atoms with E-state index in [2.05, 4.69) is 5.32 Å². The lowest BCUT2D eigenvalue weighted by molar-refractivity contribution is -0.136. The van der Waals surface area contributed by atoms with E-state index < -0.39 is 0 Å². The molecule has 2 amide bonds. The van der Waals surface area contributed by atoms with Gasteiger partial charge in [-0.1, -0.05) is 6.07 Å². The second-order valence-corrected chi connectivity index (χ2v) is 6.23. The quantitative estimate of drug-likeness (QED) is 0.871. The number of amides is 2. The van der Waals surface area contributed by atoms with E-state index >= 15 is 0 Å². The SMILES string of the molecule is O=C(c1cccs1)N1CCN(C(=O)C2CCNC2)CC1. The van der Waals surface area contributed by atoms with Gasteiger partial charge in [0, 0.05) is 32.7 Å². The van der Waals surface area contributed by atoms with Crippen molar-refractivity contribution in [2.45, 2.75) is 6.42 Å². The number of hydrogen-bond donors (Lipinski definition) is 1. The van der Waals surface area contributed by atoms with Crippen LogP contribution in [0.15, 0.2) is 17.5 Å². The van der Waals surface area contributed by atoms with Crippen molar-refractivity contribution in [3.05, 3.63) is 22.4 Å². The lowest BCUT2D eigenvalue weighted by Gasteiger charge is -2.35. The van der Waals surface area contributed by atoms with Gasteiger partial charge in [-0.2, -0.15) is 0 Å². The molecule has 2 aliphatic rings.